The molecule has 0 atom stereocenters. The molecule has 126 valence electrons. The molecule has 0 aliphatic heterocycles. The van der Waals surface area contributed by atoms with Crippen molar-refractivity contribution in [2.24, 2.45) is 0 Å². The molecule has 0 aliphatic carbocycles. The molecule has 0 aromatic heterocycles. The van der Waals surface area contributed by atoms with E-state index in [2.05, 4.69) is 30.8 Å². The van der Waals surface area contributed by atoms with Gasteiger partial charge in [0.25, 0.3) is 0 Å². The number of carbonyl (C=O) groups is 1. The number of ether oxygens (including phenoxy) is 1. The molecular weight excluding hydrogens is 296 g/mol. The summed E-state index contributed by atoms with van der Waals surface area (Å²) in [4.78, 5) is 11.4. The first-order valence-electron chi connectivity index (χ1n) is 8.64. The van der Waals surface area contributed by atoms with Crippen molar-refractivity contribution in [3.05, 3.63) is 66.7 Å². The Bertz CT molecular complexity index is 641. The fraction of sp³-hybridized carbons (Fsp3) is 0.318. The van der Waals surface area contributed by atoms with Gasteiger partial charge in [-0.25, -0.2) is 0 Å². The molecule has 0 unspecified atom stereocenters. The van der Waals surface area contributed by atoms with Gasteiger partial charge in [0.15, 0.2) is 5.78 Å². The highest BCUT2D eigenvalue weighted by atomic mass is 16.5. The summed E-state index contributed by atoms with van der Waals surface area (Å²) in [5, 5.41) is 0. The summed E-state index contributed by atoms with van der Waals surface area (Å²) in [6.45, 7) is 6.17. The average molecular weight is 322 g/mol. The summed E-state index contributed by atoms with van der Waals surface area (Å²) in [6.07, 6.45) is 4.73. The predicted octanol–water partition coefficient (Wildman–Crippen LogP) is 5.83. The molecule has 2 heteroatoms. The molecule has 2 aromatic rings. The van der Waals surface area contributed by atoms with Gasteiger partial charge >= 0.3 is 0 Å². The monoisotopic (exact) mass is 322 g/mol. The highest BCUT2D eigenvalue weighted by Crippen LogP contribution is 2.22. The lowest BCUT2D eigenvalue weighted by atomic mass is 10.1. The van der Waals surface area contributed by atoms with Crippen molar-refractivity contribution in [3.63, 3.8) is 0 Å². The van der Waals surface area contributed by atoms with Gasteiger partial charge in [-0.1, -0.05) is 61.9 Å². The summed E-state index contributed by atoms with van der Waals surface area (Å²) in [5.74, 6) is 1.09. The van der Waals surface area contributed by atoms with Gasteiger partial charge in [-0.15, -0.1) is 0 Å². The zero-order valence-electron chi connectivity index (χ0n) is 14.5. The first-order valence-corrected chi connectivity index (χ1v) is 8.64. The third-order valence-electron chi connectivity index (χ3n) is 4.00. The number of rotatable bonds is 10. The molecular formula is C22H26O2. The molecule has 24 heavy (non-hydrogen) atoms. The maximum atomic E-state index is 11.4. The van der Waals surface area contributed by atoms with Crippen molar-refractivity contribution in [1.29, 1.82) is 0 Å². The van der Waals surface area contributed by atoms with E-state index < -0.39 is 0 Å². The van der Waals surface area contributed by atoms with Gasteiger partial charge in [-0.3, -0.25) is 4.79 Å². The van der Waals surface area contributed by atoms with Crippen LogP contribution in [0.2, 0.25) is 0 Å². The fourth-order valence-electron chi connectivity index (χ4n) is 2.52. The van der Waals surface area contributed by atoms with Gasteiger partial charge in [0.1, 0.15) is 5.75 Å². The lowest BCUT2D eigenvalue weighted by Crippen LogP contribution is -1.99. The fourth-order valence-corrected chi connectivity index (χ4v) is 2.52. The molecule has 0 spiro atoms. The van der Waals surface area contributed by atoms with Crippen LogP contribution in [0.25, 0.3) is 11.1 Å². The van der Waals surface area contributed by atoms with E-state index in [1.807, 2.05) is 30.3 Å². The van der Waals surface area contributed by atoms with Crippen LogP contribution in [0.15, 0.2) is 66.7 Å². The molecule has 0 amide bonds. The van der Waals surface area contributed by atoms with Crippen LogP contribution in [-0.2, 0) is 4.79 Å². The highest BCUT2D eigenvalue weighted by Gasteiger charge is 2.02. The van der Waals surface area contributed by atoms with Crippen LogP contribution in [0.3, 0.4) is 0 Å². The zero-order chi connectivity index (χ0) is 17.2. The van der Waals surface area contributed by atoms with Crippen molar-refractivity contribution in [2.45, 2.75) is 39.0 Å². The summed E-state index contributed by atoms with van der Waals surface area (Å²) in [7, 11) is 0. The van der Waals surface area contributed by atoms with Crippen LogP contribution in [0.4, 0.5) is 0 Å². The topological polar surface area (TPSA) is 26.3 Å². The largest absolute Gasteiger partial charge is 0.494 e. The van der Waals surface area contributed by atoms with Gasteiger partial charge in [-0.2, -0.15) is 0 Å². The number of carbonyl (C=O) groups excluding carboxylic acids is 1. The van der Waals surface area contributed by atoms with Crippen molar-refractivity contribution < 1.29 is 9.53 Å². The smallest absolute Gasteiger partial charge is 0.157 e. The normalized spacial score (nSPS) is 10.4. The maximum Gasteiger partial charge on any atom is 0.157 e. The Morgan fingerprint density at radius 2 is 1.50 bits per heavy atom. The maximum absolute atomic E-state index is 11.4. The average Bonchev–Trinajstić information content (AvgIpc) is 2.62. The van der Waals surface area contributed by atoms with E-state index in [1.165, 1.54) is 11.1 Å². The number of unbranched alkanes of at least 4 members (excludes halogenated alkanes) is 3. The molecule has 0 bridgehead atoms. The van der Waals surface area contributed by atoms with Crippen LogP contribution in [-0.4, -0.2) is 12.4 Å². The summed E-state index contributed by atoms with van der Waals surface area (Å²) in [6, 6.07) is 18.6. The van der Waals surface area contributed by atoms with E-state index in [4.69, 9.17) is 4.74 Å². The Kier molecular flexibility index (Phi) is 7.28. The second kappa shape index (κ2) is 9.71. The minimum atomic E-state index is 0.185. The summed E-state index contributed by atoms with van der Waals surface area (Å²) < 4.78 is 5.78. The molecule has 0 fully saturated rings. The molecule has 0 heterocycles. The molecule has 0 saturated heterocycles. The first kappa shape index (κ1) is 18.0. The Labute approximate surface area is 145 Å². The second-order valence-electron chi connectivity index (χ2n) is 6.11. The van der Waals surface area contributed by atoms with E-state index in [-0.39, 0.29) is 5.78 Å². The first-order chi connectivity index (χ1) is 11.7. The van der Waals surface area contributed by atoms with Crippen molar-refractivity contribution in [1.82, 2.24) is 0 Å². The number of allylic oxidation sites excluding steroid dienone is 1. The summed E-state index contributed by atoms with van der Waals surface area (Å²) in [5.41, 5.74) is 3.08. The van der Waals surface area contributed by atoms with Gasteiger partial charge in [0.05, 0.1) is 6.61 Å². The van der Waals surface area contributed by atoms with Crippen molar-refractivity contribution in [2.75, 3.05) is 6.61 Å². The number of benzene rings is 2. The number of Topliss-reactive ketones (excluding diaryl/α,β-unsaturated/α-hetero) is 1. The third kappa shape index (κ3) is 6.04. The Balaban J connectivity index is 1.63. The van der Waals surface area contributed by atoms with E-state index >= 15 is 0 Å². The van der Waals surface area contributed by atoms with Gasteiger partial charge in [0, 0.05) is 6.42 Å². The van der Waals surface area contributed by atoms with E-state index in [0.29, 0.717) is 12.0 Å². The molecule has 0 aliphatic rings. The summed E-state index contributed by atoms with van der Waals surface area (Å²) >= 11 is 0. The van der Waals surface area contributed by atoms with E-state index in [1.54, 1.807) is 6.92 Å². The van der Waals surface area contributed by atoms with Gasteiger partial charge in [-0.05, 0) is 48.6 Å². The Hall–Kier alpha value is -2.35. The number of ketones is 1. The molecule has 0 saturated carbocycles. The second-order valence-corrected chi connectivity index (χ2v) is 6.11. The number of hydrogen-bond donors (Lipinski definition) is 0. The molecule has 2 nitrogen and oxygen atoms in total. The van der Waals surface area contributed by atoms with Crippen molar-refractivity contribution in [3.8, 4) is 16.9 Å². The van der Waals surface area contributed by atoms with Crippen molar-refractivity contribution >= 4 is 5.78 Å². The van der Waals surface area contributed by atoms with Crippen LogP contribution in [0, 0.1) is 0 Å². The third-order valence-corrected chi connectivity index (χ3v) is 4.00. The quantitative estimate of drug-likeness (QED) is 0.406. The standard InChI is InChI=1S/C22H26O2/c1-18(2)22(23)12-8-3-4-9-17-24-21-15-13-20(14-16-21)19-10-6-5-7-11-19/h5-7,10-11,13-16H,1,3-4,8-9,12,17H2,2H3. The lowest BCUT2D eigenvalue weighted by Gasteiger charge is -2.07. The van der Waals surface area contributed by atoms with Crippen LogP contribution >= 0.6 is 0 Å². The molecule has 0 radical (unpaired) electrons. The lowest BCUT2D eigenvalue weighted by molar-refractivity contribution is -0.115. The SMILES string of the molecule is C=C(C)C(=O)CCCCCCOc1ccc(-c2ccccc2)cc1. The Morgan fingerprint density at radius 1 is 0.875 bits per heavy atom. The van der Waals surface area contributed by atoms with E-state index in [9.17, 15) is 4.79 Å². The van der Waals surface area contributed by atoms with E-state index in [0.717, 1.165) is 38.0 Å². The highest BCUT2D eigenvalue weighted by molar-refractivity contribution is 5.93. The van der Waals surface area contributed by atoms with Gasteiger partial charge < -0.3 is 4.74 Å². The van der Waals surface area contributed by atoms with Crippen LogP contribution in [0.5, 0.6) is 5.75 Å². The van der Waals surface area contributed by atoms with Crippen LogP contribution in [0.1, 0.15) is 39.0 Å². The predicted molar refractivity (Wildman–Crippen MR) is 100 cm³/mol. The minimum Gasteiger partial charge on any atom is -0.494 e. The number of hydrogen-bond acceptors (Lipinski definition) is 2. The minimum absolute atomic E-state index is 0.185. The molecule has 0 N–H and O–H groups in total. The molecule has 2 aromatic carbocycles. The van der Waals surface area contributed by atoms with Gasteiger partial charge in [0.2, 0.25) is 0 Å². The zero-order valence-corrected chi connectivity index (χ0v) is 14.5. The molecule has 2 rings (SSSR count). The Morgan fingerprint density at radius 3 is 2.17 bits per heavy atom. The van der Waals surface area contributed by atoms with Crippen LogP contribution < -0.4 is 4.74 Å².